The van der Waals surface area contributed by atoms with Crippen molar-refractivity contribution in [2.24, 2.45) is 0 Å². The number of hydrogen-bond donors (Lipinski definition) is 0. The van der Waals surface area contributed by atoms with Crippen LogP contribution in [0.1, 0.15) is 25.0 Å². The van der Waals surface area contributed by atoms with Gasteiger partial charge in [-0.3, -0.25) is 0 Å². The summed E-state index contributed by atoms with van der Waals surface area (Å²) in [6, 6.07) is 72.4. The van der Waals surface area contributed by atoms with Crippen molar-refractivity contribution in [2.45, 2.75) is 19.3 Å². The molecule has 62 heavy (non-hydrogen) atoms. The number of nitrogens with zero attached hydrogens (tertiary/aromatic N) is 1. The topological polar surface area (TPSA) is 29.5 Å². The van der Waals surface area contributed by atoms with E-state index in [-0.39, 0.29) is 5.41 Å². The van der Waals surface area contributed by atoms with Crippen LogP contribution < -0.4 is 4.90 Å². The second-order valence-electron chi connectivity index (χ2n) is 17.2. The lowest BCUT2D eigenvalue weighted by atomic mass is 9.82. The zero-order valence-corrected chi connectivity index (χ0v) is 34.3. The first kappa shape index (κ1) is 34.9. The molecular formula is C59H39NO2. The molecule has 2 heterocycles. The third-order valence-corrected chi connectivity index (χ3v) is 13.5. The van der Waals surface area contributed by atoms with E-state index in [0.29, 0.717) is 0 Å². The molecule has 13 rings (SSSR count). The van der Waals surface area contributed by atoms with Crippen molar-refractivity contribution in [1.29, 1.82) is 0 Å². The van der Waals surface area contributed by atoms with Crippen LogP contribution in [-0.2, 0) is 5.41 Å². The van der Waals surface area contributed by atoms with Crippen LogP contribution in [0.5, 0.6) is 0 Å². The summed E-state index contributed by atoms with van der Waals surface area (Å²) in [6.07, 6.45) is 0. The maximum atomic E-state index is 6.96. The first-order chi connectivity index (χ1) is 30.5. The molecule has 1 aliphatic rings. The Bertz CT molecular complexity index is 3780. The predicted molar refractivity (Wildman–Crippen MR) is 259 cm³/mol. The summed E-state index contributed by atoms with van der Waals surface area (Å²) in [5.74, 6) is 0. The summed E-state index contributed by atoms with van der Waals surface area (Å²) in [6.45, 7) is 4.70. The summed E-state index contributed by atoms with van der Waals surface area (Å²) < 4.78 is 13.4. The van der Waals surface area contributed by atoms with Gasteiger partial charge in [0.05, 0.1) is 0 Å². The Balaban J connectivity index is 1.01. The van der Waals surface area contributed by atoms with E-state index in [2.05, 4.69) is 207 Å². The van der Waals surface area contributed by atoms with Gasteiger partial charge in [-0.1, -0.05) is 159 Å². The minimum Gasteiger partial charge on any atom is -0.455 e. The van der Waals surface area contributed by atoms with E-state index >= 15 is 0 Å². The summed E-state index contributed by atoms with van der Waals surface area (Å²) in [5, 5.41) is 9.22. The van der Waals surface area contributed by atoms with Gasteiger partial charge in [0.1, 0.15) is 22.3 Å². The number of hydrogen-bond acceptors (Lipinski definition) is 3. The molecule has 0 saturated heterocycles. The monoisotopic (exact) mass is 793 g/mol. The molecule has 10 aromatic carbocycles. The van der Waals surface area contributed by atoms with E-state index in [0.717, 1.165) is 77.6 Å². The van der Waals surface area contributed by atoms with Crippen LogP contribution >= 0.6 is 0 Å². The number of para-hydroxylation sites is 2. The molecule has 0 unspecified atom stereocenters. The minimum absolute atomic E-state index is 0.146. The first-order valence-electron chi connectivity index (χ1n) is 21.4. The average Bonchev–Trinajstić information content (AvgIpc) is 3.95. The second-order valence-corrected chi connectivity index (χ2v) is 17.2. The fourth-order valence-corrected chi connectivity index (χ4v) is 10.5. The highest BCUT2D eigenvalue weighted by molar-refractivity contribution is 6.21. The molecule has 0 atom stereocenters. The van der Waals surface area contributed by atoms with E-state index in [1.54, 1.807) is 0 Å². The summed E-state index contributed by atoms with van der Waals surface area (Å²) in [5.41, 5.74) is 16.4. The molecule has 0 N–H and O–H groups in total. The van der Waals surface area contributed by atoms with E-state index < -0.39 is 0 Å². The van der Waals surface area contributed by atoms with Crippen LogP contribution in [0.4, 0.5) is 17.1 Å². The summed E-state index contributed by atoms with van der Waals surface area (Å²) in [7, 11) is 0. The van der Waals surface area contributed by atoms with Crippen molar-refractivity contribution in [3.63, 3.8) is 0 Å². The summed E-state index contributed by atoms with van der Waals surface area (Å²) >= 11 is 0. The molecule has 0 fully saturated rings. The van der Waals surface area contributed by atoms with Crippen LogP contribution in [0, 0.1) is 0 Å². The molecule has 0 spiro atoms. The van der Waals surface area contributed by atoms with Gasteiger partial charge in [-0.15, -0.1) is 0 Å². The number of benzene rings is 10. The third-order valence-electron chi connectivity index (χ3n) is 13.5. The van der Waals surface area contributed by atoms with Gasteiger partial charge >= 0.3 is 0 Å². The molecule has 0 aliphatic heterocycles. The molecule has 3 heteroatoms. The zero-order chi connectivity index (χ0) is 41.1. The van der Waals surface area contributed by atoms with Gasteiger partial charge in [-0.05, 0) is 110 Å². The third kappa shape index (κ3) is 5.06. The Labute approximate surface area is 358 Å². The maximum Gasteiger partial charge on any atom is 0.143 e. The lowest BCUT2D eigenvalue weighted by Gasteiger charge is -2.28. The Morgan fingerprint density at radius 2 is 0.952 bits per heavy atom. The SMILES string of the molecule is CC1(C)c2ccccc2-c2ccc(N(c3ccc(-c4cccc5c4oc4ccccc45)cc3)c3ccc4oc5c(-c6cccc7ccccc67)c6ccccc6cc5c4c3)cc21. The quantitative estimate of drug-likeness (QED) is 0.174. The van der Waals surface area contributed by atoms with Crippen molar-refractivity contribution in [3.8, 4) is 33.4 Å². The Morgan fingerprint density at radius 3 is 1.84 bits per heavy atom. The van der Waals surface area contributed by atoms with Crippen LogP contribution in [-0.4, -0.2) is 0 Å². The smallest absolute Gasteiger partial charge is 0.143 e. The fraction of sp³-hybridized carbons (Fsp3) is 0.0508. The molecule has 0 saturated carbocycles. The number of rotatable bonds is 5. The Kier molecular flexibility index (Phi) is 7.36. The van der Waals surface area contributed by atoms with E-state index in [4.69, 9.17) is 8.83 Å². The van der Waals surface area contributed by atoms with Gasteiger partial charge in [0.25, 0.3) is 0 Å². The largest absolute Gasteiger partial charge is 0.455 e. The average molecular weight is 794 g/mol. The van der Waals surface area contributed by atoms with Crippen molar-refractivity contribution in [3.05, 3.63) is 211 Å². The Morgan fingerprint density at radius 1 is 0.355 bits per heavy atom. The molecule has 1 aliphatic carbocycles. The van der Waals surface area contributed by atoms with Gasteiger partial charge in [-0.25, -0.2) is 0 Å². The lowest BCUT2D eigenvalue weighted by molar-refractivity contribution is 0.660. The minimum atomic E-state index is -0.146. The molecule has 2 aromatic heterocycles. The summed E-state index contributed by atoms with van der Waals surface area (Å²) in [4.78, 5) is 2.40. The Hall–Kier alpha value is -7.88. The van der Waals surface area contributed by atoms with Crippen LogP contribution in [0.2, 0.25) is 0 Å². The van der Waals surface area contributed by atoms with E-state index in [1.807, 2.05) is 12.1 Å². The number of fused-ring (bicyclic) bond motifs is 11. The molecule has 0 amide bonds. The standard InChI is InChI=1S/C59H39NO2/c1-59(2)52-23-9-7-18-45(52)46-31-29-41(35-53(46)59)60(39-27-25-37(26-28-39)44-20-12-22-49-47-19-8-10-24-54(47)61-57(44)49)40-30-32-55-50(34-40)51-33-38-14-4-6-17-43(38)56(58(51)62-55)48-21-11-15-36-13-3-5-16-42(36)48/h3-35H,1-2H3. The van der Waals surface area contributed by atoms with Crippen LogP contribution in [0.15, 0.2) is 209 Å². The highest BCUT2D eigenvalue weighted by atomic mass is 16.3. The number of anilines is 3. The molecule has 12 aromatic rings. The number of furan rings is 2. The highest BCUT2D eigenvalue weighted by Gasteiger charge is 2.36. The fourth-order valence-electron chi connectivity index (χ4n) is 10.5. The molecule has 3 nitrogen and oxygen atoms in total. The molecule has 292 valence electrons. The van der Waals surface area contributed by atoms with Gasteiger partial charge in [0.2, 0.25) is 0 Å². The van der Waals surface area contributed by atoms with Gasteiger partial charge in [0, 0.05) is 55.1 Å². The van der Waals surface area contributed by atoms with E-state index in [9.17, 15) is 0 Å². The highest BCUT2D eigenvalue weighted by Crippen LogP contribution is 2.51. The maximum absolute atomic E-state index is 6.96. The van der Waals surface area contributed by atoms with Crippen molar-refractivity contribution < 1.29 is 8.83 Å². The normalized spacial score (nSPS) is 13.1. The van der Waals surface area contributed by atoms with Gasteiger partial charge in [-0.2, -0.15) is 0 Å². The second kappa shape index (κ2) is 13.1. The molecular weight excluding hydrogens is 755 g/mol. The van der Waals surface area contributed by atoms with Crippen LogP contribution in [0.3, 0.4) is 0 Å². The van der Waals surface area contributed by atoms with Crippen molar-refractivity contribution in [1.82, 2.24) is 0 Å². The molecule has 0 radical (unpaired) electrons. The lowest BCUT2D eigenvalue weighted by Crippen LogP contribution is -2.16. The first-order valence-corrected chi connectivity index (χ1v) is 21.4. The van der Waals surface area contributed by atoms with Gasteiger partial charge in [0.15, 0.2) is 0 Å². The van der Waals surface area contributed by atoms with Crippen molar-refractivity contribution in [2.75, 3.05) is 4.90 Å². The predicted octanol–water partition coefficient (Wildman–Crippen LogP) is 16.9. The van der Waals surface area contributed by atoms with Crippen LogP contribution in [0.25, 0.3) is 98.8 Å². The van der Waals surface area contributed by atoms with Crippen molar-refractivity contribution >= 4 is 82.5 Å². The zero-order valence-electron chi connectivity index (χ0n) is 34.3. The molecule has 0 bridgehead atoms. The van der Waals surface area contributed by atoms with E-state index in [1.165, 1.54) is 49.4 Å². The van der Waals surface area contributed by atoms with Gasteiger partial charge < -0.3 is 13.7 Å².